The highest BCUT2D eigenvalue weighted by molar-refractivity contribution is 7.54. The van der Waals surface area contributed by atoms with E-state index in [1.807, 2.05) is 6.92 Å². The van der Waals surface area contributed by atoms with Crippen molar-refractivity contribution in [3.63, 3.8) is 0 Å². The topological polar surface area (TPSA) is 72.8 Å². The molecule has 0 aromatic rings. The number of hydrogen-bond acceptors (Lipinski definition) is 4. The van der Waals surface area contributed by atoms with Crippen LogP contribution in [0.25, 0.3) is 0 Å². The van der Waals surface area contributed by atoms with Crippen molar-refractivity contribution in [2.75, 3.05) is 7.11 Å². The van der Waals surface area contributed by atoms with Gasteiger partial charge in [0.05, 0.1) is 13.2 Å². The molecule has 1 N–H and O–H groups in total. The van der Waals surface area contributed by atoms with Gasteiger partial charge in [-0.3, -0.25) is 9.36 Å². The van der Waals surface area contributed by atoms with E-state index >= 15 is 0 Å². The number of carbonyl (C=O) groups is 1. The average molecular weight is 224 g/mol. The van der Waals surface area contributed by atoms with Crippen LogP contribution in [0.5, 0.6) is 0 Å². The summed E-state index contributed by atoms with van der Waals surface area (Å²) in [6.45, 7) is 4.81. The van der Waals surface area contributed by atoms with Crippen molar-refractivity contribution in [2.45, 2.75) is 39.0 Å². The number of hydrogen-bond donors (Lipinski definition) is 1. The lowest BCUT2D eigenvalue weighted by Crippen LogP contribution is -2.21. The Hall–Kier alpha value is -0.380. The Morgan fingerprint density at radius 2 is 2.00 bits per heavy atom. The number of methoxy groups -OCH3 is 1. The van der Waals surface area contributed by atoms with Crippen molar-refractivity contribution in [1.29, 1.82) is 0 Å². The van der Waals surface area contributed by atoms with Crippen LogP contribution in [0.4, 0.5) is 0 Å². The van der Waals surface area contributed by atoms with Crippen molar-refractivity contribution in [2.24, 2.45) is 0 Å². The van der Waals surface area contributed by atoms with Gasteiger partial charge in [0.25, 0.3) is 0 Å². The fraction of sp³-hybridized carbons (Fsp3) is 0.875. The van der Waals surface area contributed by atoms with Crippen LogP contribution < -0.4 is 0 Å². The molecule has 3 atom stereocenters. The number of ether oxygens (including phenoxy) is 1. The van der Waals surface area contributed by atoms with E-state index in [1.165, 1.54) is 14.0 Å². The van der Waals surface area contributed by atoms with Crippen LogP contribution in [0.15, 0.2) is 0 Å². The molecular weight excluding hydrogens is 207 g/mol. The number of esters is 1. The molecule has 0 bridgehead atoms. The van der Waals surface area contributed by atoms with Gasteiger partial charge in [0, 0.05) is 0 Å². The maximum Gasteiger partial charge on any atom is 0.342 e. The SMILES string of the molecule is CCC(C)OP(=O)(O)C(C)C(=O)OC. The third-order valence-corrected chi connectivity index (χ3v) is 3.79. The molecule has 0 saturated carbocycles. The van der Waals surface area contributed by atoms with Crippen molar-refractivity contribution in [3.05, 3.63) is 0 Å². The standard InChI is InChI=1S/C8H17O5P/c1-5-6(2)13-14(10,11)7(3)8(9)12-4/h6-7H,5H2,1-4H3,(H,10,11). The Bertz CT molecular complexity index is 240. The lowest BCUT2D eigenvalue weighted by atomic mass is 10.3. The first-order chi connectivity index (χ1) is 6.35. The first-order valence-electron chi connectivity index (χ1n) is 4.43. The predicted molar refractivity (Wildman–Crippen MR) is 52.1 cm³/mol. The van der Waals surface area contributed by atoms with Crippen LogP contribution in [0.2, 0.25) is 0 Å². The highest BCUT2D eigenvalue weighted by Crippen LogP contribution is 2.49. The molecule has 0 aliphatic carbocycles. The van der Waals surface area contributed by atoms with E-state index in [2.05, 4.69) is 4.74 Å². The molecule has 0 saturated heterocycles. The maximum absolute atomic E-state index is 11.5. The number of carbonyl (C=O) groups excluding carboxylic acids is 1. The average Bonchev–Trinajstić information content (AvgIpc) is 2.14. The molecule has 0 radical (unpaired) electrons. The van der Waals surface area contributed by atoms with Crippen molar-refractivity contribution < 1.29 is 23.5 Å². The summed E-state index contributed by atoms with van der Waals surface area (Å²) in [5.41, 5.74) is -1.14. The first-order valence-corrected chi connectivity index (χ1v) is 6.08. The monoisotopic (exact) mass is 224 g/mol. The fourth-order valence-electron chi connectivity index (χ4n) is 0.727. The van der Waals surface area contributed by atoms with Crippen LogP contribution in [0.3, 0.4) is 0 Å². The maximum atomic E-state index is 11.5. The Morgan fingerprint density at radius 3 is 2.36 bits per heavy atom. The molecule has 0 heterocycles. The summed E-state index contributed by atoms with van der Waals surface area (Å²) >= 11 is 0. The summed E-state index contributed by atoms with van der Waals surface area (Å²) in [6.07, 6.45) is 0.260. The number of rotatable bonds is 5. The third-order valence-electron chi connectivity index (χ3n) is 1.94. The molecule has 0 spiro atoms. The zero-order chi connectivity index (χ0) is 11.4. The summed E-state index contributed by atoms with van der Waals surface area (Å²) in [6, 6.07) is 0. The molecule has 0 aliphatic rings. The lowest BCUT2D eigenvalue weighted by Gasteiger charge is -2.20. The van der Waals surface area contributed by atoms with Crippen LogP contribution in [-0.2, 0) is 18.6 Å². The van der Waals surface area contributed by atoms with Gasteiger partial charge in [0.2, 0.25) is 0 Å². The first kappa shape index (κ1) is 13.6. The molecule has 0 rings (SSSR count). The van der Waals surface area contributed by atoms with Gasteiger partial charge in [0.1, 0.15) is 0 Å². The highest BCUT2D eigenvalue weighted by Gasteiger charge is 2.36. The van der Waals surface area contributed by atoms with E-state index in [0.717, 1.165) is 0 Å². The highest BCUT2D eigenvalue weighted by atomic mass is 31.2. The minimum atomic E-state index is -3.90. The molecule has 0 aromatic heterocycles. The normalized spacial score (nSPS) is 19.5. The second-order valence-electron chi connectivity index (χ2n) is 3.09. The van der Waals surface area contributed by atoms with E-state index in [1.54, 1.807) is 6.92 Å². The van der Waals surface area contributed by atoms with E-state index in [-0.39, 0.29) is 6.10 Å². The predicted octanol–water partition coefficient (Wildman–Crippen LogP) is 1.55. The minimum Gasteiger partial charge on any atom is -0.468 e. The van der Waals surface area contributed by atoms with Gasteiger partial charge in [-0.15, -0.1) is 0 Å². The largest absolute Gasteiger partial charge is 0.468 e. The molecular formula is C8H17O5P. The quantitative estimate of drug-likeness (QED) is 0.566. The van der Waals surface area contributed by atoms with E-state index in [9.17, 15) is 14.3 Å². The third kappa shape index (κ3) is 3.78. The van der Waals surface area contributed by atoms with Crippen molar-refractivity contribution in [3.8, 4) is 0 Å². The molecule has 5 nitrogen and oxygen atoms in total. The summed E-state index contributed by atoms with van der Waals surface area (Å²) in [4.78, 5) is 20.4. The van der Waals surface area contributed by atoms with E-state index < -0.39 is 19.2 Å². The second-order valence-corrected chi connectivity index (χ2v) is 5.20. The molecule has 3 unspecified atom stereocenters. The van der Waals surface area contributed by atoms with Gasteiger partial charge in [-0.1, -0.05) is 6.92 Å². The van der Waals surface area contributed by atoms with Crippen LogP contribution >= 0.6 is 7.60 Å². The molecule has 0 fully saturated rings. The van der Waals surface area contributed by atoms with Gasteiger partial charge in [-0.2, -0.15) is 0 Å². The second kappa shape index (κ2) is 5.49. The smallest absolute Gasteiger partial charge is 0.342 e. The Morgan fingerprint density at radius 1 is 1.50 bits per heavy atom. The molecule has 84 valence electrons. The van der Waals surface area contributed by atoms with Gasteiger partial charge in [0.15, 0.2) is 5.66 Å². The van der Waals surface area contributed by atoms with E-state index in [4.69, 9.17) is 4.52 Å². The summed E-state index contributed by atoms with van der Waals surface area (Å²) < 4.78 is 20.8. The molecule has 0 amide bonds. The van der Waals surface area contributed by atoms with Gasteiger partial charge in [-0.25, -0.2) is 0 Å². The Balaban J connectivity index is 4.45. The Labute approximate surface area is 83.9 Å². The van der Waals surface area contributed by atoms with Crippen LogP contribution in [0, 0.1) is 0 Å². The van der Waals surface area contributed by atoms with Crippen molar-refractivity contribution >= 4 is 13.6 Å². The van der Waals surface area contributed by atoms with Crippen LogP contribution in [-0.4, -0.2) is 29.7 Å². The van der Waals surface area contributed by atoms with Gasteiger partial charge < -0.3 is 14.2 Å². The summed E-state index contributed by atoms with van der Waals surface area (Å²) in [5.74, 6) is -0.737. The molecule has 0 aromatic carbocycles. The molecule has 14 heavy (non-hydrogen) atoms. The zero-order valence-electron chi connectivity index (χ0n) is 8.89. The molecule has 6 heteroatoms. The Kier molecular flexibility index (Phi) is 5.34. The summed E-state index contributed by atoms with van der Waals surface area (Å²) in [7, 11) is -2.73. The fourth-order valence-corrected chi connectivity index (χ4v) is 1.95. The van der Waals surface area contributed by atoms with Crippen molar-refractivity contribution in [1.82, 2.24) is 0 Å². The molecule has 0 aliphatic heterocycles. The van der Waals surface area contributed by atoms with Crippen LogP contribution in [0.1, 0.15) is 27.2 Å². The van der Waals surface area contributed by atoms with Gasteiger partial charge >= 0.3 is 13.6 Å². The lowest BCUT2D eigenvalue weighted by molar-refractivity contribution is -0.140. The minimum absolute atomic E-state index is 0.349. The summed E-state index contributed by atoms with van der Waals surface area (Å²) in [5, 5.41) is 0. The van der Waals surface area contributed by atoms with Gasteiger partial charge in [-0.05, 0) is 20.3 Å². The van der Waals surface area contributed by atoms with E-state index in [0.29, 0.717) is 6.42 Å². The zero-order valence-corrected chi connectivity index (χ0v) is 9.78.